The number of carbonyl (C=O) groups is 1. The van der Waals surface area contributed by atoms with Crippen LogP contribution >= 0.6 is 0 Å². The molecule has 0 saturated carbocycles. The highest BCUT2D eigenvalue weighted by Gasteiger charge is 2.38. The van der Waals surface area contributed by atoms with E-state index in [0.29, 0.717) is 0 Å². The molecule has 1 N–H and O–H groups in total. The van der Waals surface area contributed by atoms with Gasteiger partial charge in [-0.05, 0) is 33.3 Å². The summed E-state index contributed by atoms with van der Waals surface area (Å²) in [5.74, 6) is 0.299. The predicted octanol–water partition coefficient (Wildman–Crippen LogP) is 3.26. The molecule has 0 spiro atoms. The number of rotatable bonds is 1. The third-order valence-corrected chi connectivity index (χ3v) is 3.31. The van der Waals surface area contributed by atoms with E-state index in [1.54, 1.807) is 0 Å². The SMILES string of the molecule is Cc1ccc2c(c1)C(NC(C)(C)C)C(C)C2=O. The number of hydrogen-bond donors (Lipinski definition) is 1. The van der Waals surface area contributed by atoms with Gasteiger partial charge in [0.05, 0.1) is 0 Å². The van der Waals surface area contributed by atoms with Crippen molar-refractivity contribution in [3.8, 4) is 0 Å². The van der Waals surface area contributed by atoms with Crippen LogP contribution in [0.2, 0.25) is 0 Å². The molecule has 2 unspecified atom stereocenters. The van der Waals surface area contributed by atoms with Crippen LogP contribution in [-0.4, -0.2) is 11.3 Å². The van der Waals surface area contributed by atoms with Gasteiger partial charge in [-0.15, -0.1) is 0 Å². The van der Waals surface area contributed by atoms with Crippen LogP contribution in [-0.2, 0) is 0 Å². The van der Waals surface area contributed by atoms with Gasteiger partial charge in [0.1, 0.15) is 0 Å². The Morgan fingerprint density at radius 2 is 1.88 bits per heavy atom. The van der Waals surface area contributed by atoms with Gasteiger partial charge in [-0.3, -0.25) is 4.79 Å². The molecule has 1 aromatic carbocycles. The second kappa shape index (κ2) is 3.95. The smallest absolute Gasteiger partial charge is 0.167 e. The van der Waals surface area contributed by atoms with Crippen molar-refractivity contribution in [3.05, 3.63) is 34.9 Å². The van der Waals surface area contributed by atoms with Crippen LogP contribution in [0, 0.1) is 12.8 Å². The predicted molar refractivity (Wildman–Crippen MR) is 70.3 cm³/mol. The zero-order valence-corrected chi connectivity index (χ0v) is 11.3. The maximum absolute atomic E-state index is 12.2. The van der Waals surface area contributed by atoms with Gasteiger partial charge in [0.25, 0.3) is 0 Å². The van der Waals surface area contributed by atoms with Gasteiger partial charge in [-0.2, -0.15) is 0 Å². The molecule has 0 bridgehead atoms. The number of fused-ring (bicyclic) bond motifs is 1. The summed E-state index contributed by atoms with van der Waals surface area (Å²) < 4.78 is 0. The monoisotopic (exact) mass is 231 g/mol. The minimum Gasteiger partial charge on any atom is -0.305 e. The molecule has 0 radical (unpaired) electrons. The summed E-state index contributed by atoms with van der Waals surface area (Å²) in [6.45, 7) is 10.5. The van der Waals surface area contributed by atoms with Crippen LogP contribution in [0.15, 0.2) is 18.2 Å². The highest BCUT2D eigenvalue weighted by Crippen LogP contribution is 2.37. The third kappa shape index (κ3) is 2.27. The second-order valence-corrected chi connectivity index (χ2v) is 6.12. The van der Waals surface area contributed by atoms with Crippen molar-refractivity contribution < 1.29 is 4.79 Å². The fourth-order valence-electron chi connectivity index (χ4n) is 2.50. The highest BCUT2D eigenvalue weighted by molar-refractivity contribution is 6.02. The number of nitrogens with one attached hydrogen (secondary N) is 1. The average molecular weight is 231 g/mol. The van der Waals surface area contributed by atoms with Gasteiger partial charge >= 0.3 is 0 Å². The molecule has 2 rings (SSSR count). The number of aryl methyl sites for hydroxylation is 1. The van der Waals surface area contributed by atoms with Gasteiger partial charge in [-0.25, -0.2) is 0 Å². The Bertz CT molecular complexity index is 456. The number of benzene rings is 1. The Morgan fingerprint density at radius 3 is 2.47 bits per heavy atom. The summed E-state index contributed by atoms with van der Waals surface area (Å²) in [6, 6.07) is 6.27. The van der Waals surface area contributed by atoms with E-state index < -0.39 is 0 Å². The van der Waals surface area contributed by atoms with Crippen LogP contribution < -0.4 is 5.32 Å². The molecule has 17 heavy (non-hydrogen) atoms. The molecular weight excluding hydrogens is 210 g/mol. The molecule has 0 heterocycles. The van der Waals surface area contributed by atoms with E-state index in [2.05, 4.69) is 39.1 Å². The Morgan fingerprint density at radius 1 is 1.24 bits per heavy atom. The maximum atomic E-state index is 12.2. The lowest BCUT2D eigenvalue weighted by Crippen LogP contribution is -2.40. The molecule has 0 aliphatic heterocycles. The zero-order valence-electron chi connectivity index (χ0n) is 11.3. The molecule has 2 nitrogen and oxygen atoms in total. The van der Waals surface area contributed by atoms with Crippen molar-refractivity contribution in [2.75, 3.05) is 0 Å². The molecule has 0 saturated heterocycles. The standard InChI is InChI=1S/C15H21NO/c1-9-6-7-11-12(8-9)13(10(2)14(11)17)16-15(3,4)5/h6-8,10,13,16H,1-5H3. The van der Waals surface area contributed by atoms with Gasteiger partial charge in [-0.1, -0.05) is 30.7 Å². The summed E-state index contributed by atoms with van der Waals surface area (Å²) >= 11 is 0. The topological polar surface area (TPSA) is 29.1 Å². The van der Waals surface area contributed by atoms with Crippen molar-refractivity contribution in [1.29, 1.82) is 0 Å². The number of Topliss-reactive ketones (excluding diaryl/α,β-unsaturated/α-hetero) is 1. The van der Waals surface area contributed by atoms with Crippen molar-refractivity contribution in [1.82, 2.24) is 5.32 Å². The number of hydrogen-bond acceptors (Lipinski definition) is 2. The number of carbonyl (C=O) groups excluding carboxylic acids is 1. The molecule has 2 atom stereocenters. The first-order chi connectivity index (χ1) is 7.79. The van der Waals surface area contributed by atoms with Gasteiger partial charge in [0, 0.05) is 23.1 Å². The summed E-state index contributed by atoms with van der Waals surface area (Å²) in [5, 5.41) is 3.56. The molecule has 0 amide bonds. The molecule has 92 valence electrons. The molecule has 1 aromatic rings. The Balaban J connectivity index is 2.43. The van der Waals surface area contributed by atoms with E-state index >= 15 is 0 Å². The van der Waals surface area contributed by atoms with E-state index in [0.717, 1.165) is 11.1 Å². The van der Waals surface area contributed by atoms with Crippen LogP contribution in [0.4, 0.5) is 0 Å². The fraction of sp³-hybridized carbons (Fsp3) is 0.533. The molecule has 0 fully saturated rings. The Kier molecular flexibility index (Phi) is 2.86. The van der Waals surface area contributed by atoms with E-state index in [9.17, 15) is 4.79 Å². The number of ketones is 1. The molecule has 1 aliphatic carbocycles. The first kappa shape index (κ1) is 12.3. The summed E-state index contributed by atoms with van der Waals surface area (Å²) in [4.78, 5) is 12.2. The van der Waals surface area contributed by atoms with Crippen LogP contribution in [0.5, 0.6) is 0 Å². The molecular formula is C15H21NO. The Hall–Kier alpha value is -1.15. The third-order valence-electron chi connectivity index (χ3n) is 3.31. The van der Waals surface area contributed by atoms with Crippen molar-refractivity contribution in [2.45, 2.75) is 46.2 Å². The average Bonchev–Trinajstić information content (AvgIpc) is 2.42. The van der Waals surface area contributed by atoms with Crippen molar-refractivity contribution in [2.24, 2.45) is 5.92 Å². The summed E-state index contributed by atoms with van der Waals surface area (Å²) in [7, 11) is 0. The second-order valence-electron chi connectivity index (χ2n) is 6.12. The molecule has 2 heteroatoms. The first-order valence-electron chi connectivity index (χ1n) is 6.22. The highest BCUT2D eigenvalue weighted by atomic mass is 16.1. The lowest BCUT2D eigenvalue weighted by molar-refractivity contribution is 0.0920. The van der Waals surface area contributed by atoms with Crippen molar-refractivity contribution >= 4 is 5.78 Å². The van der Waals surface area contributed by atoms with E-state index in [1.165, 1.54) is 5.56 Å². The van der Waals surface area contributed by atoms with E-state index in [1.807, 2.05) is 19.1 Å². The minimum atomic E-state index is 0.0184. The normalized spacial score (nSPS) is 23.9. The maximum Gasteiger partial charge on any atom is 0.167 e. The summed E-state index contributed by atoms with van der Waals surface area (Å²) in [5.41, 5.74) is 3.29. The van der Waals surface area contributed by atoms with Crippen molar-refractivity contribution in [3.63, 3.8) is 0 Å². The minimum absolute atomic E-state index is 0.0184. The molecule has 0 aromatic heterocycles. The molecule has 1 aliphatic rings. The van der Waals surface area contributed by atoms with Crippen LogP contribution in [0.3, 0.4) is 0 Å². The van der Waals surface area contributed by atoms with E-state index in [4.69, 9.17) is 0 Å². The van der Waals surface area contributed by atoms with E-state index in [-0.39, 0.29) is 23.3 Å². The summed E-state index contributed by atoms with van der Waals surface area (Å²) in [6.07, 6.45) is 0. The quantitative estimate of drug-likeness (QED) is 0.803. The lowest BCUT2D eigenvalue weighted by atomic mass is 9.97. The fourth-order valence-corrected chi connectivity index (χ4v) is 2.50. The zero-order chi connectivity index (χ0) is 12.8. The van der Waals surface area contributed by atoms with Gasteiger partial charge < -0.3 is 5.32 Å². The van der Waals surface area contributed by atoms with Crippen LogP contribution in [0.25, 0.3) is 0 Å². The Labute approximate surface area is 103 Å². The lowest BCUT2D eigenvalue weighted by Gasteiger charge is -2.28. The largest absolute Gasteiger partial charge is 0.305 e. The van der Waals surface area contributed by atoms with Crippen LogP contribution in [0.1, 0.15) is 55.2 Å². The van der Waals surface area contributed by atoms with Gasteiger partial charge in [0.15, 0.2) is 5.78 Å². The first-order valence-corrected chi connectivity index (χ1v) is 6.22. The van der Waals surface area contributed by atoms with Gasteiger partial charge in [0.2, 0.25) is 0 Å².